The molecule has 0 amide bonds. The zero-order valence-electron chi connectivity index (χ0n) is 9.40. The fourth-order valence-electron chi connectivity index (χ4n) is 1.18. The maximum atomic E-state index is 11.3. The van der Waals surface area contributed by atoms with Crippen LogP contribution in [0.4, 0.5) is 0 Å². The third kappa shape index (κ3) is 4.21. The van der Waals surface area contributed by atoms with Gasteiger partial charge >= 0.3 is 5.97 Å². The molecule has 0 radical (unpaired) electrons. The molecule has 0 saturated carbocycles. The summed E-state index contributed by atoms with van der Waals surface area (Å²) in [4.78, 5) is 11.3. The van der Waals surface area contributed by atoms with Gasteiger partial charge in [0.05, 0.1) is 13.2 Å². The van der Waals surface area contributed by atoms with E-state index in [2.05, 4.69) is 0 Å². The van der Waals surface area contributed by atoms with Gasteiger partial charge in [0.25, 0.3) is 0 Å². The molecule has 0 spiro atoms. The number of rotatable bonds is 5. The van der Waals surface area contributed by atoms with Crippen molar-refractivity contribution in [3.8, 4) is 0 Å². The molecule has 1 atom stereocenters. The number of esters is 1. The monoisotopic (exact) mass is 242 g/mol. The lowest BCUT2D eigenvalue weighted by Crippen LogP contribution is -2.23. The van der Waals surface area contributed by atoms with Crippen LogP contribution in [0.3, 0.4) is 0 Å². The van der Waals surface area contributed by atoms with Crippen molar-refractivity contribution in [2.75, 3.05) is 6.61 Å². The molecule has 0 aliphatic carbocycles. The summed E-state index contributed by atoms with van der Waals surface area (Å²) < 4.78 is 10.2. The maximum absolute atomic E-state index is 11.3. The van der Waals surface area contributed by atoms with Gasteiger partial charge in [-0.25, -0.2) is 4.79 Å². The number of ether oxygens (including phenoxy) is 2. The fourth-order valence-corrected chi connectivity index (χ4v) is 1.39. The van der Waals surface area contributed by atoms with E-state index in [1.807, 2.05) is 12.1 Å². The van der Waals surface area contributed by atoms with Crippen LogP contribution in [0, 0.1) is 0 Å². The summed E-state index contributed by atoms with van der Waals surface area (Å²) >= 11 is 5.83. The van der Waals surface area contributed by atoms with Crippen molar-refractivity contribution < 1.29 is 14.3 Å². The van der Waals surface area contributed by atoms with E-state index in [1.54, 1.807) is 26.0 Å². The van der Waals surface area contributed by atoms with Crippen LogP contribution in [0.15, 0.2) is 24.3 Å². The standard InChI is InChI=1S/C12H15ClO3/c1-3-15-12(14)9(2)16-8-10-5-4-6-11(13)7-10/h4-7,9H,3,8H2,1-2H3. The topological polar surface area (TPSA) is 35.5 Å². The average molecular weight is 243 g/mol. The fraction of sp³-hybridized carbons (Fsp3) is 0.417. The van der Waals surface area contributed by atoms with Gasteiger partial charge in [-0.1, -0.05) is 23.7 Å². The first-order valence-corrected chi connectivity index (χ1v) is 5.54. The molecule has 0 saturated heterocycles. The zero-order chi connectivity index (χ0) is 12.0. The lowest BCUT2D eigenvalue weighted by atomic mass is 10.2. The Morgan fingerprint density at radius 2 is 2.25 bits per heavy atom. The third-order valence-electron chi connectivity index (χ3n) is 2.01. The number of carbonyl (C=O) groups excluding carboxylic acids is 1. The van der Waals surface area contributed by atoms with Crippen molar-refractivity contribution >= 4 is 17.6 Å². The van der Waals surface area contributed by atoms with E-state index in [1.165, 1.54) is 0 Å². The Morgan fingerprint density at radius 1 is 1.50 bits per heavy atom. The second kappa shape index (κ2) is 6.51. The van der Waals surface area contributed by atoms with Crippen molar-refractivity contribution in [1.29, 1.82) is 0 Å². The Balaban J connectivity index is 2.42. The van der Waals surface area contributed by atoms with Gasteiger partial charge in [0.2, 0.25) is 0 Å². The molecule has 4 heteroatoms. The summed E-state index contributed by atoms with van der Waals surface area (Å²) in [5.41, 5.74) is 0.934. The summed E-state index contributed by atoms with van der Waals surface area (Å²) in [6.07, 6.45) is -0.557. The molecule has 0 heterocycles. The van der Waals surface area contributed by atoms with E-state index in [-0.39, 0.29) is 5.97 Å². The minimum atomic E-state index is -0.557. The highest BCUT2D eigenvalue weighted by atomic mass is 35.5. The number of hydrogen-bond donors (Lipinski definition) is 0. The average Bonchev–Trinajstić information content (AvgIpc) is 2.26. The van der Waals surface area contributed by atoms with E-state index >= 15 is 0 Å². The van der Waals surface area contributed by atoms with Gasteiger partial charge in [-0.05, 0) is 31.5 Å². The van der Waals surface area contributed by atoms with Crippen LogP contribution in [0.5, 0.6) is 0 Å². The summed E-state index contributed by atoms with van der Waals surface area (Å²) in [5, 5.41) is 0.657. The van der Waals surface area contributed by atoms with Gasteiger partial charge in [0.1, 0.15) is 0 Å². The Bertz CT molecular complexity index is 352. The molecule has 3 nitrogen and oxygen atoms in total. The highest BCUT2D eigenvalue weighted by Crippen LogP contribution is 2.12. The molecule has 0 aromatic heterocycles. The zero-order valence-corrected chi connectivity index (χ0v) is 10.2. The molecular weight excluding hydrogens is 228 g/mol. The lowest BCUT2D eigenvalue weighted by Gasteiger charge is -2.11. The molecule has 1 rings (SSSR count). The first-order chi connectivity index (χ1) is 7.63. The number of benzene rings is 1. The van der Waals surface area contributed by atoms with Crippen molar-refractivity contribution in [3.05, 3.63) is 34.9 Å². The van der Waals surface area contributed by atoms with Gasteiger partial charge in [-0.3, -0.25) is 0 Å². The number of halogens is 1. The van der Waals surface area contributed by atoms with Gasteiger partial charge < -0.3 is 9.47 Å². The quantitative estimate of drug-likeness (QED) is 0.745. The van der Waals surface area contributed by atoms with E-state index < -0.39 is 6.10 Å². The van der Waals surface area contributed by atoms with E-state index in [0.717, 1.165) is 5.56 Å². The molecule has 16 heavy (non-hydrogen) atoms. The van der Waals surface area contributed by atoms with E-state index in [0.29, 0.717) is 18.2 Å². The Labute approximate surface area is 100 Å². The van der Waals surface area contributed by atoms with Crippen LogP contribution < -0.4 is 0 Å². The summed E-state index contributed by atoms with van der Waals surface area (Å²) in [5.74, 6) is -0.343. The molecule has 0 N–H and O–H groups in total. The normalized spacial score (nSPS) is 12.2. The molecule has 0 aliphatic heterocycles. The third-order valence-corrected chi connectivity index (χ3v) is 2.24. The van der Waals surface area contributed by atoms with Gasteiger partial charge in [-0.15, -0.1) is 0 Å². The van der Waals surface area contributed by atoms with E-state index in [9.17, 15) is 4.79 Å². The SMILES string of the molecule is CCOC(=O)C(C)OCc1cccc(Cl)c1. The molecule has 1 aromatic carbocycles. The number of carbonyl (C=O) groups is 1. The maximum Gasteiger partial charge on any atom is 0.334 e. The minimum absolute atomic E-state index is 0.343. The molecule has 0 bridgehead atoms. The van der Waals surface area contributed by atoms with Crippen LogP contribution in [-0.4, -0.2) is 18.7 Å². The molecular formula is C12H15ClO3. The van der Waals surface area contributed by atoms with Crippen molar-refractivity contribution in [3.63, 3.8) is 0 Å². The van der Waals surface area contributed by atoms with Crippen molar-refractivity contribution in [2.24, 2.45) is 0 Å². The van der Waals surface area contributed by atoms with Crippen LogP contribution in [-0.2, 0) is 20.9 Å². The van der Waals surface area contributed by atoms with Crippen molar-refractivity contribution in [2.45, 2.75) is 26.6 Å². The van der Waals surface area contributed by atoms with Crippen LogP contribution in [0.25, 0.3) is 0 Å². The van der Waals surface area contributed by atoms with Gasteiger partial charge in [-0.2, -0.15) is 0 Å². The van der Waals surface area contributed by atoms with Crippen LogP contribution in [0.2, 0.25) is 5.02 Å². The highest BCUT2D eigenvalue weighted by Gasteiger charge is 2.13. The first kappa shape index (κ1) is 13.0. The van der Waals surface area contributed by atoms with Gasteiger partial charge in [0, 0.05) is 5.02 Å². The summed E-state index contributed by atoms with van der Waals surface area (Å²) in [6, 6.07) is 7.33. The van der Waals surface area contributed by atoms with Crippen LogP contribution >= 0.6 is 11.6 Å². The highest BCUT2D eigenvalue weighted by molar-refractivity contribution is 6.30. The van der Waals surface area contributed by atoms with Gasteiger partial charge in [0.15, 0.2) is 6.10 Å². The molecule has 0 aliphatic rings. The predicted molar refractivity (Wildman–Crippen MR) is 62.3 cm³/mol. The van der Waals surface area contributed by atoms with Crippen LogP contribution in [0.1, 0.15) is 19.4 Å². The second-order valence-electron chi connectivity index (χ2n) is 3.34. The van der Waals surface area contributed by atoms with Crippen molar-refractivity contribution in [1.82, 2.24) is 0 Å². The summed E-state index contributed by atoms with van der Waals surface area (Å²) in [7, 11) is 0. The smallest absolute Gasteiger partial charge is 0.334 e. The predicted octanol–water partition coefficient (Wildman–Crippen LogP) is 2.81. The molecule has 0 fully saturated rings. The summed E-state index contributed by atoms with van der Waals surface area (Å²) in [6.45, 7) is 4.15. The first-order valence-electron chi connectivity index (χ1n) is 5.16. The Kier molecular flexibility index (Phi) is 5.29. The second-order valence-corrected chi connectivity index (χ2v) is 3.77. The Morgan fingerprint density at radius 3 is 2.88 bits per heavy atom. The minimum Gasteiger partial charge on any atom is -0.464 e. The molecule has 1 unspecified atom stereocenters. The lowest BCUT2D eigenvalue weighted by molar-refractivity contribution is -0.156. The molecule has 1 aromatic rings. The largest absolute Gasteiger partial charge is 0.464 e. The Hall–Kier alpha value is -1.06. The molecule has 88 valence electrons. The number of hydrogen-bond acceptors (Lipinski definition) is 3. The van der Waals surface area contributed by atoms with E-state index in [4.69, 9.17) is 21.1 Å².